The van der Waals surface area contributed by atoms with Gasteiger partial charge in [-0.25, -0.2) is 0 Å². The zero-order chi connectivity index (χ0) is 11.1. The summed E-state index contributed by atoms with van der Waals surface area (Å²) in [6.45, 7) is 5.66. The lowest BCUT2D eigenvalue weighted by Gasteiger charge is -2.15. The van der Waals surface area contributed by atoms with Crippen molar-refractivity contribution >= 4 is 0 Å². The SMILES string of the molecule is CCNC(COC)Cc1ccc(C)nn1. The second-order valence-electron chi connectivity index (χ2n) is 3.58. The first kappa shape index (κ1) is 12.1. The van der Waals surface area contributed by atoms with Crippen LogP contribution in [0, 0.1) is 6.92 Å². The normalized spacial score (nSPS) is 12.7. The molecule has 0 radical (unpaired) electrons. The molecule has 4 heteroatoms. The molecule has 0 amide bonds. The van der Waals surface area contributed by atoms with Gasteiger partial charge < -0.3 is 10.1 Å². The van der Waals surface area contributed by atoms with E-state index in [2.05, 4.69) is 22.4 Å². The quantitative estimate of drug-likeness (QED) is 0.758. The Balaban J connectivity index is 2.53. The van der Waals surface area contributed by atoms with Gasteiger partial charge in [0.1, 0.15) is 0 Å². The van der Waals surface area contributed by atoms with Gasteiger partial charge in [0.15, 0.2) is 0 Å². The molecule has 1 aromatic rings. The third kappa shape index (κ3) is 4.36. The van der Waals surface area contributed by atoms with Crippen LogP contribution in [0.3, 0.4) is 0 Å². The van der Waals surface area contributed by atoms with Crippen LogP contribution in [-0.4, -0.2) is 36.5 Å². The molecule has 1 heterocycles. The van der Waals surface area contributed by atoms with Gasteiger partial charge in [0.2, 0.25) is 0 Å². The van der Waals surface area contributed by atoms with Crippen molar-refractivity contribution in [1.82, 2.24) is 15.5 Å². The van der Waals surface area contributed by atoms with Crippen LogP contribution >= 0.6 is 0 Å². The standard InChI is InChI=1S/C11H19N3O/c1-4-12-11(8-15-3)7-10-6-5-9(2)13-14-10/h5-6,11-12H,4,7-8H2,1-3H3. The van der Waals surface area contributed by atoms with E-state index in [1.807, 2.05) is 19.1 Å². The first-order valence-electron chi connectivity index (χ1n) is 5.27. The summed E-state index contributed by atoms with van der Waals surface area (Å²) in [7, 11) is 1.71. The van der Waals surface area contributed by atoms with Crippen molar-refractivity contribution in [2.45, 2.75) is 26.3 Å². The minimum atomic E-state index is 0.317. The summed E-state index contributed by atoms with van der Waals surface area (Å²) in [6, 6.07) is 4.32. The molecule has 0 aliphatic rings. The lowest BCUT2D eigenvalue weighted by atomic mass is 10.1. The molecule has 0 aliphatic carbocycles. The number of ether oxygens (including phenoxy) is 1. The predicted molar refractivity (Wildman–Crippen MR) is 59.8 cm³/mol. The third-order valence-corrected chi connectivity index (χ3v) is 2.17. The second kappa shape index (κ2) is 6.48. The van der Waals surface area contributed by atoms with Crippen LogP contribution in [0.15, 0.2) is 12.1 Å². The molecule has 0 saturated carbocycles. The minimum Gasteiger partial charge on any atom is -0.383 e. The average Bonchev–Trinajstić information content (AvgIpc) is 2.22. The molecular weight excluding hydrogens is 190 g/mol. The zero-order valence-corrected chi connectivity index (χ0v) is 9.66. The van der Waals surface area contributed by atoms with Gasteiger partial charge in [-0.15, -0.1) is 0 Å². The van der Waals surface area contributed by atoms with Crippen LogP contribution in [0.4, 0.5) is 0 Å². The molecule has 0 saturated heterocycles. The Labute approximate surface area is 91.1 Å². The van der Waals surface area contributed by atoms with Crippen molar-refractivity contribution in [3.63, 3.8) is 0 Å². The Morgan fingerprint density at radius 2 is 2.20 bits per heavy atom. The first-order chi connectivity index (χ1) is 7.26. The summed E-state index contributed by atoms with van der Waals surface area (Å²) in [5, 5.41) is 11.5. The number of nitrogens with one attached hydrogen (secondary N) is 1. The molecule has 1 atom stereocenters. The van der Waals surface area contributed by atoms with Crippen molar-refractivity contribution in [1.29, 1.82) is 0 Å². The lowest BCUT2D eigenvalue weighted by molar-refractivity contribution is 0.166. The maximum absolute atomic E-state index is 5.14. The summed E-state index contributed by atoms with van der Waals surface area (Å²) in [5.74, 6) is 0. The Bertz CT molecular complexity index is 268. The van der Waals surface area contributed by atoms with Crippen molar-refractivity contribution in [3.05, 3.63) is 23.5 Å². The van der Waals surface area contributed by atoms with Crippen LogP contribution in [0.25, 0.3) is 0 Å². The number of aryl methyl sites for hydroxylation is 1. The molecule has 84 valence electrons. The van der Waals surface area contributed by atoms with E-state index in [1.165, 1.54) is 0 Å². The van der Waals surface area contributed by atoms with Crippen LogP contribution in [0.5, 0.6) is 0 Å². The highest BCUT2D eigenvalue weighted by atomic mass is 16.5. The molecule has 15 heavy (non-hydrogen) atoms. The molecule has 0 bridgehead atoms. The summed E-state index contributed by atoms with van der Waals surface area (Å²) in [4.78, 5) is 0. The largest absolute Gasteiger partial charge is 0.383 e. The van der Waals surface area contributed by atoms with Gasteiger partial charge in [-0.2, -0.15) is 10.2 Å². The Morgan fingerprint density at radius 1 is 1.40 bits per heavy atom. The summed E-state index contributed by atoms with van der Waals surface area (Å²) >= 11 is 0. The summed E-state index contributed by atoms with van der Waals surface area (Å²) in [6.07, 6.45) is 0.856. The van der Waals surface area contributed by atoms with Gasteiger partial charge in [0, 0.05) is 19.6 Å². The Hall–Kier alpha value is -1.00. The van der Waals surface area contributed by atoms with E-state index >= 15 is 0 Å². The molecule has 1 unspecified atom stereocenters. The summed E-state index contributed by atoms with van der Waals surface area (Å²) in [5.41, 5.74) is 1.95. The van der Waals surface area contributed by atoms with Crippen LogP contribution in [-0.2, 0) is 11.2 Å². The molecule has 0 aromatic carbocycles. The fraction of sp³-hybridized carbons (Fsp3) is 0.636. The van der Waals surface area contributed by atoms with E-state index in [1.54, 1.807) is 7.11 Å². The molecular formula is C11H19N3O. The third-order valence-electron chi connectivity index (χ3n) is 2.17. The minimum absolute atomic E-state index is 0.317. The molecule has 1 N–H and O–H groups in total. The fourth-order valence-corrected chi connectivity index (χ4v) is 1.47. The maximum Gasteiger partial charge on any atom is 0.0647 e. The number of hydrogen-bond donors (Lipinski definition) is 1. The number of aromatic nitrogens is 2. The highest BCUT2D eigenvalue weighted by Crippen LogP contribution is 2.00. The van der Waals surface area contributed by atoms with Crippen LogP contribution < -0.4 is 5.32 Å². The Morgan fingerprint density at radius 3 is 2.73 bits per heavy atom. The van der Waals surface area contributed by atoms with Crippen LogP contribution in [0.2, 0.25) is 0 Å². The molecule has 1 rings (SSSR count). The van der Waals surface area contributed by atoms with Crippen molar-refractivity contribution < 1.29 is 4.74 Å². The highest BCUT2D eigenvalue weighted by Gasteiger charge is 2.08. The molecule has 0 aliphatic heterocycles. The van der Waals surface area contributed by atoms with Gasteiger partial charge in [-0.05, 0) is 25.6 Å². The van der Waals surface area contributed by atoms with Gasteiger partial charge >= 0.3 is 0 Å². The van der Waals surface area contributed by atoms with Gasteiger partial charge in [-0.3, -0.25) is 0 Å². The highest BCUT2D eigenvalue weighted by molar-refractivity contribution is 5.06. The summed E-state index contributed by atoms with van der Waals surface area (Å²) < 4.78 is 5.14. The number of rotatable bonds is 6. The number of likely N-dealkylation sites (N-methyl/N-ethyl adjacent to an activating group) is 1. The monoisotopic (exact) mass is 209 g/mol. The number of hydrogen-bond acceptors (Lipinski definition) is 4. The van der Waals surface area contributed by atoms with Crippen molar-refractivity contribution in [2.24, 2.45) is 0 Å². The topological polar surface area (TPSA) is 47.0 Å². The molecule has 4 nitrogen and oxygen atoms in total. The van der Waals surface area contributed by atoms with E-state index < -0.39 is 0 Å². The zero-order valence-electron chi connectivity index (χ0n) is 9.66. The number of methoxy groups -OCH3 is 1. The fourth-order valence-electron chi connectivity index (χ4n) is 1.47. The van der Waals surface area contributed by atoms with Gasteiger partial charge in [0.25, 0.3) is 0 Å². The van der Waals surface area contributed by atoms with E-state index in [4.69, 9.17) is 4.74 Å². The smallest absolute Gasteiger partial charge is 0.0647 e. The first-order valence-corrected chi connectivity index (χ1v) is 5.27. The lowest BCUT2D eigenvalue weighted by Crippen LogP contribution is -2.35. The molecule has 0 fully saturated rings. The van der Waals surface area contributed by atoms with E-state index in [0.717, 1.165) is 24.4 Å². The Kier molecular flexibility index (Phi) is 5.21. The van der Waals surface area contributed by atoms with Gasteiger partial charge in [0.05, 0.1) is 18.0 Å². The molecule has 1 aromatic heterocycles. The van der Waals surface area contributed by atoms with E-state index in [0.29, 0.717) is 12.6 Å². The number of nitrogens with zero attached hydrogens (tertiary/aromatic N) is 2. The van der Waals surface area contributed by atoms with E-state index in [9.17, 15) is 0 Å². The van der Waals surface area contributed by atoms with Gasteiger partial charge in [-0.1, -0.05) is 6.92 Å². The van der Waals surface area contributed by atoms with Crippen molar-refractivity contribution in [3.8, 4) is 0 Å². The maximum atomic E-state index is 5.14. The van der Waals surface area contributed by atoms with Crippen molar-refractivity contribution in [2.75, 3.05) is 20.3 Å². The van der Waals surface area contributed by atoms with E-state index in [-0.39, 0.29) is 0 Å². The second-order valence-corrected chi connectivity index (χ2v) is 3.58. The van der Waals surface area contributed by atoms with Crippen LogP contribution in [0.1, 0.15) is 18.3 Å². The average molecular weight is 209 g/mol. The molecule has 0 spiro atoms. The predicted octanol–water partition coefficient (Wildman–Crippen LogP) is 0.952.